The van der Waals surface area contributed by atoms with E-state index in [1.807, 2.05) is 7.05 Å². The molecule has 0 aromatic heterocycles. The van der Waals surface area contributed by atoms with E-state index >= 15 is 0 Å². The number of rotatable bonds is 1. The first-order chi connectivity index (χ1) is 7.22. The zero-order chi connectivity index (χ0) is 10.5. The molecule has 15 heavy (non-hydrogen) atoms. The number of thiocarbonyl (C=S) groups is 1. The van der Waals surface area contributed by atoms with E-state index in [1.54, 1.807) is 0 Å². The normalized spacial score (nSPS) is 47.7. The minimum Gasteiger partial charge on any atom is -0.382 e. The Morgan fingerprint density at radius 2 is 1.60 bits per heavy atom. The summed E-state index contributed by atoms with van der Waals surface area (Å²) in [5.74, 6) is 2.97. The van der Waals surface area contributed by atoms with Crippen molar-refractivity contribution < 1.29 is 0 Å². The topological polar surface area (TPSA) is 12.0 Å². The first kappa shape index (κ1) is 10.1. The third-order valence-electron chi connectivity index (χ3n) is 5.06. The van der Waals surface area contributed by atoms with Crippen LogP contribution in [0.1, 0.15) is 44.9 Å². The number of nitrogens with one attached hydrogen (secondary N) is 1. The molecule has 4 aliphatic carbocycles. The van der Waals surface area contributed by atoms with E-state index in [4.69, 9.17) is 12.2 Å². The van der Waals surface area contributed by atoms with Gasteiger partial charge in [-0.2, -0.15) is 0 Å². The molecule has 84 valence electrons. The molecule has 4 saturated carbocycles. The molecular formula is C13H21NS. The highest BCUT2D eigenvalue weighted by molar-refractivity contribution is 7.80. The van der Waals surface area contributed by atoms with Crippen molar-refractivity contribution in [2.75, 3.05) is 7.05 Å². The summed E-state index contributed by atoms with van der Waals surface area (Å²) >= 11 is 5.60. The van der Waals surface area contributed by atoms with Crippen molar-refractivity contribution in [1.29, 1.82) is 0 Å². The van der Waals surface area contributed by atoms with Crippen LogP contribution in [0.15, 0.2) is 0 Å². The van der Waals surface area contributed by atoms with Crippen LogP contribution >= 0.6 is 12.2 Å². The molecule has 0 saturated heterocycles. The second kappa shape index (κ2) is 3.44. The van der Waals surface area contributed by atoms with Crippen LogP contribution in [0.5, 0.6) is 0 Å². The maximum atomic E-state index is 5.60. The standard InChI is InChI=1S/C13H21NS/c1-14-12(15)13-6-9-2-3-10(7-13)5-11(4-9)8-13/h9-11H,2-8H2,1H3,(H,14,15)/t9-,10-,11?,13?/m1/s1. The fourth-order valence-electron chi connectivity index (χ4n) is 4.73. The second-order valence-corrected chi connectivity index (χ2v) is 6.53. The Hall–Kier alpha value is -0.110. The molecular weight excluding hydrogens is 202 g/mol. The molecule has 0 aromatic rings. The van der Waals surface area contributed by atoms with Crippen LogP contribution < -0.4 is 5.32 Å². The minimum absolute atomic E-state index is 0.414. The zero-order valence-electron chi connectivity index (χ0n) is 9.59. The van der Waals surface area contributed by atoms with Gasteiger partial charge in [0.15, 0.2) is 0 Å². The van der Waals surface area contributed by atoms with E-state index in [1.165, 1.54) is 49.9 Å². The fourth-order valence-corrected chi connectivity index (χ4v) is 4.98. The van der Waals surface area contributed by atoms with E-state index in [-0.39, 0.29) is 0 Å². The van der Waals surface area contributed by atoms with Crippen molar-refractivity contribution in [3.63, 3.8) is 0 Å². The maximum Gasteiger partial charge on any atom is 0.0813 e. The van der Waals surface area contributed by atoms with Gasteiger partial charge >= 0.3 is 0 Å². The van der Waals surface area contributed by atoms with Crippen molar-refractivity contribution in [1.82, 2.24) is 5.32 Å². The molecule has 0 heterocycles. The van der Waals surface area contributed by atoms with E-state index < -0.39 is 0 Å². The van der Waals surface area contributed by atoms with Gasteiger partial charge in [0.25, 0.3) is 0 Å². The lowest BCUT2D eigenvalue weighted by molar-refractivity contribution is 0.0900. The van der Waals surface area contributed by atoms with Gasteiger partial charge in [0.2, 0.25) is 0 Å². The Bertz CT molecular complexity index is 270. The van der Waals surface area contributed by atoms with Gasteiger partial charge in [-0.3, -0.25) is 0 Å². The summed E-state index contributed by atoms with van der Waals surface area (Å²) in [5.41, 5.74) is 0.414. The molecule has 0 unspecified atom stereocenters. The Morgan fingerprint density at radius 1 is 1.07 bits per heavy atom. The first-order valence-electron chi connectivity index (χ1n) is 6.44. The van der Waals surface area contributed by atoms with E-state index in [0.717, 1.165) is 17.8 Å². The highest BCUT2D eigenvalue weighted by Crippen LogP contribution is 2.57. The van der Waals surface area contributed by atoms with Crippen LogP contribution in [0.3, 0.4) is 0 Å². The van der Waals surface area contributed by atoms with Crippen LogP contribution in [0.25, 0.3) is 0 Å². The van der Waals surface area contributed by atoms with Gasteiger partial charge in [0.1, 0.15) is 0 Å². The minimum atomic E-state index is 0.414. The van der Waals surface area contributed by atoms with Crippen molar-refractivity contribution in [2.45, 2.75) is 44.9 Å². The summed E-state index contributed by atoms with van der Waals surface area (Å²) in [4.78, 5) is 1.17. The van der Waals surface area contributed by atoms with Gasteiger partial charge in [-0.15, -0.1) is 0 Å². The average molecular weight is 223 g/mol. The van der Waals surface area contributed by atoms with Crippen molar-refractivity contribution in [3.8, 4) is 0 Å². The van der Waals surface area contributed by atoms with E-state index in [0.29, 0.717) is 5.41 Å². The summed E-state index contributed by atoms with van der Waals surface area (Å²) in [6.07, 6.45) is 10.1. The molecule has 0 spiro atoms. The first-order valence-corrected chi connectivity index (χ1v) is 6.85. The molecule has 2 atom stereocenters. The lowest BCUT2D eigenvalue weighted by atomic mass is 9.58. The largest absolute Gasteiger partial charge is 0.382 e. The summed E-state index contributed by atoms with van der Waals surface area (Å²) in [5, 5.41) is 3.28. The Morgan fingerprint density at radius 3 is 2.13 bits per heavy atom. The monoisotopic (exact) mass is 223 g/mol. The molecule has 2 heteroatoms. The van der Waals surface area contributed by atoms with Crippen LogP contribution in [0.4, 0.5) is 0 Å². The van der Waals surface area contributed by atoms with Crippen LogP contribution in [0.2, 0.25) is 0 Å². The highest BCUT2D eigenvalue weighted by Gasteiger charge is 2.50. The van der Waals surface area contributed by atoms with Crippen LogP contribution in [-0.2, 0) is 0 Å². The number of hydrogen-bond donors (Lipinski definition) is 1. The number of fused-ring (bicyclic) bond motifs is 1. The average Bonchev–Trinajstić information content (AvgIpc) is 2.44. The van der Waals surface area contributed by atoms with Crippen molar-refractivity contribution in [2.24, 2.45) is 23.2 Å². The van der Waals surface area contributed by atoms with Gasteiger partial charge < -0.3 is 5.32 Å². The van der Waals surface area contributed by atoms with Gasteiger partial charge in [0.05, 0.1) is 4.99 Å². The molecule has 0 amide bonds. The lowest BCUT2D eigenvalue weighted by Gasteiger charge is -2.48. The molecule has 0 radical (unpaired) electrons. The highest BCUT2D eigenvalue weighted by atomic mass is 32.1. The van der Waals surface area contributed by atoms with Crippen molar-refractivity contribution in [3.05, 3.63) is 0 Å². The van der Waals surface area contributed by atoms with Gasteiger partial charge in [-0.05, 0) is 49.9 Å². The molecule has 4 bridgehead atoms. The molecule has 4 rings (SSSR count). The van der Waals surface area contributed by atoms with E-state index in [9.17, 15) is 0 Å². The van der Waals surface area contributed by atoms with Gasteiger partial charge in [-0.1, -0.05) is 25.1 Å². The zero-order valence-corrected chi connectivity index (χ0v) is 10.4. The summed E-state index contributed by atoms with van der Waals surface area (Å²) < 4.78 is 0. The summed E-state index contributed by atoms with van der Waals surface area (Å²) in [6.45, 7) is 0. The summed E-state index contributed by atoms with van der Waals surface area (Å²) in [7, 11) is 2.01. The quantitative estimate of drug-likeness (QED) is 0.685. The molecule has 4 aliphatic rings. The molecule has 0 aromatic carbocycles. The van der Waals surface area contributed by atoms with Gasteiger partial charge in [-0.25, -0.2) is 0 Å². The second-order valence-electron chi connectivity index (χ2n) is 6.12. The Balaban J connectivity index is 1.93. The SMILES string of the molecule is CNC(=S)C12CC3C[C@@H](CC[C@H](C3)C1)C2. The Kier molecular flexibility index (Phi) is 2.31. The van der Waals surface area contributed by atoms with Crippen molar-refractivity contribution >= 4 is 17.2 Å². The maximum absolute atomic E-state index is 5.60. The van der Waals surface area contributed by atoms with E-state index in [2.05, 4.69) is 5.32 Å². The van der Waals surface area contributed by atoms with Crippen LogP contribution in [0, 0.1) is 23.2 Å². The van der Waals surface area contributed by atoms with Gasteiger partial charge in [0, 0.05) is 12.5 Å². The molecule has 0 aliphatic heterocycles. The Labute approximate surface area is 98.0 Å². The molecule has 1 nitrogen and oxygen atoms in total. The van der Waals surface area contributed by atoms with Crippen LogP contribution in [-0.4, -0.2) is 12.0 Å². The third kappa shape index (κ3) is 1.52. The number of hydrogen-bond acceptors (Lipinski definition) is 1. The lowest BCUT2D eigenvalue weighted by Crippen LogP contribution is -2.46. The fraction of sp³-hybridized carbons (Fsp3) is 0.923. The predicted octanol–water partition coefficient (Wildman–Crippen LogP) is 3.14. The molecule has 4 fully saturated rings. The predicted molar refractivity (Wildman–Crippen MR) is 66.9 cm³/mol. The molecule has 1 N–H and O–H groups in total. The smallest absolute Gasteiger partial charge is 0.0813 e. The summed E-state index contributed by atoms with van der Waals surface area (Å²) in [6, 6.07) is 0. The third-order valence-corrected chi connectivity index (χ3v) is 5.70.